The number of carboxylic acid groups (broad SMARTS) is 1. The Morgan fingerprint density at radius 1 is 1.12 bits per heavy atom. The molecular weight excluding hydrogens is 340 g/mol. The quantitative estimate of drug-likeness (QED) is 0.569. The summed E-state index contributed by atoms with van der Waals surface area (Å²) in [6, 6.07) is 1.83. The van der Waals surface area contributed by atoms with Gasteiger partial charge in [0.2, 0.25) is 5.91 Å². The van der Waals surface area contributed by atoms with Gasteiger partial charge in [0.15, 0.2) is 0 Å². The summed E-state index contributed by atoms with van der Waals surface area (Å²) < 4.78 is 0. The predicted octanol–water partition coefficient (Wildman–Crippen LogP) is 2.51. The summed E-state index contributed by atoms with van der Waals surface area (Å²) in [5.41, 5.74) is 7.94. The molecule has 6 nitrogen and oxygen atoms in total. The summed E-state index contributed by atoms with van der Waals surface area (Å²) in [6.45, 7) is 5.77. The number of carboxylic acids is 1. The molecule has 0 spiro atoms. The number of rotatable bonds is 3. The molecule has 2 bridgehead atoms. The Labute approximate surface area is 150 Å². The molecule has 134 valence electrons. The molecule has 1 heterocycles. The Hall–Kier alpha value is -2.15. The number of aryl methyl sites for hydroxylation is 1. The number of hydrazine groups is 1. The molecule has 0 aliphatic heterocycles. The fourth-order valence-electron chi connectivity index (χ4n) is 4.47. The van der Waals surface area contributed by atoms with Crippen molar-refractivity contribution in [1.82, 2.24) is 10.9 Å². The highest BCUT2D eigenvalue weighted by molar-refractivity contribution is 7.12. The first-order valence-electron chi connectivity index (χ1n) is 8.37. The van der Waals surface area contributed by atoms with E-state index in [0.717, 1.165) is 29.6 Å². The zero-order valence-corrected chi connectivity index (χ0v) is 15.3. The number of thiophene rings is 1. The second kappa shape index (κ2) is 6.63. The van der Waals surface area contributed by atoms with Crippen LogP contribution in [0.4, 0.5) is 0 Å². The van der Waals surface area contributed by atoms with E-state index in [0.29, 0.717) is 4.88 Å². The number of fused-ring (bicyclic) bond motifs is 2. The highest BCUT2D eigenvalue weighted by Gasteiger charge is 2.57. The minimum atomic E-state index is -0.938. The van der Waals surface area contributed by atoms with Crippen LogP contribution in [0.25, 0.3) is 0 Å². The Morgan fingerprint density at radius 2 is 1.76 bits per heavy atom. The van der Waals surface area contributed by atoms with E-state index in [1.54, 1.807) is 0 Å². The standard InChI is InChI=1S/C18H22N2O4S/c1-8(2)12-10-4-5-11(12)14(18(23)24)13(10)16(21)19-20-17(22)15-9(3)6-7-25-15/h6-7,10-11,13-14H,4-5H2,1-3H3,(H,19,21)(H,20,22)(H,23,24)/t10-,11-,13-,14+/m1/s1. The Bertz CT molecular complexity index is 763. The van der Waals surface area contributed by atoms with Crippen molar-refractivity contribution in [3.63, 3.8) is 0 Å². The molecular formula is C18H22N2O4S. The second-order valence-electron chi connectivity index (χ2n) is 7.01. The third-order valence-electron chi connectivity index (χ3n) is 5.37. The van der Waals surface area contributed by atoms with Crippen LogP contribution >= 0.6 is 11.3 Å². The molecule has 4 atom stereocenters. The highest BCUT2D eigenvalue weighted by Crippen LogP contribution is 2.57. The van der Waals surface area contributed by atoms with Gasteiger partial charge in [0.05, 0.1) is 16.7 Å². The fraction of sp³-hybridized carbons (Fsp3) is 0.500. The normalized spacial score (nSPS) is 27.2. The first-order valence-corrected chi connectivity index (χ1v) is 9.25. The maximum atomic E-state index is 12.7. The summed E-state index contributed by atoms with van der Waals surface area (Å²) in [4.78, 5) is 37.1. The van der Waals surface area contributed by atoms with Crippen LogP contribution in [-0.4, -0.2) is 22.9 Å². The van der Waals surface area contributed by atoms with Crippen LogP contribution in [0, 0.1) is 30.6 Å². The van der Waals surface area contributed by atoms with E-state index in [4.69, 9.17) is 0 Å². The van der Waals surface area contributed by atoms with E-state index in [1.807, 2.05) is 32.2 Å². The van der Waals surface area contributed by atoms with Crippen molar-refractivity contribution in [1.29, 1.82) is 0 Å². The van der Waals surface area contributed by atoms with Crippen molar-refractivity contribution in [3.05, 3.63) is 33.0 Å². The lowest BCUT2D eigenvalue weighted by molar-refractivity contribution is -0.149. The van der Waals surface area contributed by atoms with Crippen LogP contribution in [0.1, 0.15) is 41.9 Å². The molecule has 2 saturated carbocycles. The number of aliphatic carboxylic acids is 1. The molecule has 2 aliphatic rings. The SMILES string of the molecule is CC(C)=C1[C@H]2CC[C@H]1[C@@H](C(=O)NNC(=O)c1sccc1C)[C@H]2C(=O)O. The summed E-state index contributed by atoms with van der Waals surface area (Å²) in [7, 11) is 0. The van der Waals surface area contributed by atoms with Crippen molar-refractivity contribution < 1.29 is 19.5 Å². The lowest BCUT2D eigenvalue weighted by atomic mass is 9.79. The molecule has 25 heavy (non-hydrogen) atoms. The van der Waals surface area contributed by atoms with Crippen molar-refractivity contribution in [2.45, 2.75) is 33.6 Å². The highest BCUT2D eigenvalue weighted by atomic mass is 32.1. The van der Waals surface area contributed by atoms with Crippen LogP contribution in [0.15, 0.2) is 22.6 Å². The van der Waals surface area contributed by atoms with E-state index in [1.165, 1.54) is 11.3 Å². The maximum absolute atomic E-state index is 12.7. The molecule has 2 fully saturated rings. The molecule has 0 aromatic carbocycles. The van der Waals surface area contributed by atoms with E-state index in [9.17, 15) is 19.5 Å². The zero-order chi connectivity index (χ0) is 18.3. The molecule has 1 aromatic rings. The van der Waals surface area contributed by atoms with Crippen molar-refractivity contribution in [2.24, 2.45) is 23.7 Å². The molecule has 2 amide bonds. The minimum Gasteiger partial charge on any atom is -0.481 e. The first-order chi connectivity index (χ1) is 11.8. The largest absolute Gasteiger partial charge is 0.481 e. The number of nitrogens with one attached hydrogen (secondary N) is 2. The Morgan fingerprint density at radius 3 is 2.28 bits per heavy atom. The molecule has 3 rings (SSSR count). The molecule has 0 saturated heterocycles. The molecule has 2 aliphatic carbocycles. The summed E-state index contributed by atoms with van der Waals surface area (Å²) in [5, 5.41) is 11.4. The van der Waals surface area contributed by atoms with Crippen molar-refractivity contribution in [2.75, 3.05) is 0 Å². The third kappa shape index (κ3) is 2.97. The smallest absolute Gasteiger partial charge is 0.307 e. The Balaban J connectivity index is 1.75. The van der Waals surface area contributed by atoms with E-state index in [-0.39, 0.29) is 17.7 Å². The number of allylic oxidation sites excluding steroid dienone is 2. The lowest BCUT2D eigenvalue weighted by Crippen LogP contribution is -2.48. The molecule has 0 radical (unpaired) electrons. The van der Waals surface area contributed by atoms with Gasteiger partial charge < -0.3 is 5.11 Å². The summed E-state index contributed by atoms with van der Waals surface area (Å²) >= 11 is 1.30. The number of amides is 2. The van der Waals surface area contributed by atoms with Crippen molar-refractivity contribution in [3.8, 4) is 0 Å². The number of hydrogen-bond donors (Lipinski definition) is 3. The van der Waals surface area contributed by atoms with Crippen LogP contribution in [-0.2, 0) is 9.59 Å². The van der Waals surface area contributed by atoms with Gasteiger partial charge in [0, 0.05) is 0 Å². The van der Waals surface area contributed by atoms with Gasteiger partial charge in [-0.3, -0.25) is 25.2 Å². The monoisotopic (exact) mass is 362 g/mol. The third-order valence-corrected chi connectivity index (χ3v) is 6.39. The summed E-state index contributed by atoms with van der Waals surface area (Å²) in [5.74, 6) is -3.20. The van der Waals surface area contributed by atoms with Gasteiger partial charge in [0.1, 0.15) is 0 Å². The van der Waals surface area contributed by atoms with Crippen molar-refractivity contribution >= 4 is 29.1 Å². The fourth-order valence-corrected chi connectivity index (χ4v) is 5.29. The second-order valence-corrected chi connectivity index (χ2v) is 7.93. The van der Waals surface area contributed by atoms with Crippen LogP contribution in [0.3, 0.4) is 0 Å². The number of carbonyl (C=O) groups excluding carboxylic acids is 2. The number of carbonyl (C=O) groups is 3. The van der Waals surface area contributed by atoms with Gasteiger partial charge in [0.25, 0.3) is 5.91 Å². The van der Waals surface area contributed by atoms with E-state index < -0.39 is 23.7 Å². The maximum Gasteiger partial charge on any atom is 0.307 e. The first kappa shape index (κ1) is 17.7. The summed E-state index contributed by atoms with van der Waals surface area (Å²) in [6.07, 6.45) is 1.64. The molecule has 7 heteroatoms. The predicted molar refractivity (Wildman–Crippen MR) is 93.9 cm³/mol. The van der Waals surface area contributed by atoms with Gasteiger partial charge >= 0.3 is 5.97 Å². The van der Waals surface area contributed by atoms with E-state index >= 15 is 0 Å². The van der Waals surface area contributed by atoms with E-state index in [2.05, 4.69) is 10.9 Å². The lowest BCUT2D eigenvalue weighted by Gasteiger charge is -2.26. The average Bonchev–Trinajstić information content (AvgIpc) is 3.24. The molecule has 3 N–H and O–H groups in total. The van der Waals surface area contributed by atoms with Gasteiger partial charge in [-0.15, -0.1) is 11.3 Å². The average molecular weight is 362 g/mol. The van der Waals surface area contributed by atoms with Gasteiger partial charge in [-0.1, -0.05) is 11.1 Å². The topological polar surface area (TPSA) is 95.5 Å². The Kier molecular flexibility index (Phi) is 4.69. The molecule has 1 aromatic heterocycles. The van der Waals surface area contributed by atoms with Crippen LogP contribution < -0.4 is 10.9 Å². The molecule has 0 unspecified atom stereocenters. The number of hydrogen-bond acceptors (Lipinski definition) is 4. The minimum absolute atomic E-state index is 0.0449. The van der Waals surface area contributed by atoms with Crippen LogP contribution in [0.5, 0.6) is 0 Å². The van der Waals surface area contributed by atoms with Gasteiger partial charge in [-0.05, 0) is 62.5 Å². The zero-order valence-electron chi connectivity index (χ0n) is 14.5. The van der Waals surface area contributed by atoms with Gasteiger partial charge in [-0.2, -0.15) is 0 Å². The van der Waals surface area contributed by atoms with Crippen LogP contribution in [0.2, 0.25) is 0 Å². The van der Waals surface area contributed by atoms with Gasteiger partial charge in [-0.25, -0.2) is 0 Å².